The summed E-state index contributed by atoms with van der Waals surface area (Å²) in [5.74, 6) is 1.36. The van der Waals surface area contributed by atoms with E-state index in [4.69, 9.17) is 9.47 Å². The molecule has 0 aliphatic carbocycles. The molecule has 0 bridgehead atoms. The van der Waals surface area contributed by atoms with E-state index in [1.165, 1.54) is 0 Å². The number of hydrogen-bond acceptors (Lipinski definition) is 4. The Balaban J connectivity index is 1.35. The topological polar surface area (TPSA) is 64.9 Å². The third-order valence-corrected chi connectivity index (χ3v) is 5.35. The summed E-state index contributed by atoms with van der Waals surface area (Å²) in [4.78, 5) is 17.2. The zero-order valence-corrected chi connectivity index (χ0v) is 16.3. The molecule has 6 heteroatoms. The first kappa shape index (κ1) is 18.2. The van der Waals surface area contributed by atoms with Crippen LogP contribution in [0.25, 0.3) is 5.65 Å². The second kappa shape index (κ2) is 7.91. The number of fused-ring (bicyclic) bond motifs is 2. The predicted molar refractivity (Wildman–Crippen MR) is 113 cm³/mol. The molecule has 150 valence electrons. The summed E-state index contributed by atoms with van der Waals surface area (Å²) in [6.45, 7) is 0.654. The van der Waals surface area contributed by atoms with Gasteiger partial charge in [-0.1, -0.05) is 42.5 Å². The van der Waals surface area contributed by atoms with E-state index >= 15 is 0 Å². The van der Waals surface area contributed by atoms with Crippen LogP contribution in [0.15, 0.2) is 79.1 Å². The van der Waals surface area contributed by atoms with Crippen LogP contribution in [0.3, 0.4) is 0 Å². The van der Waals surface area contributed by atoms with Gasteiger partial charge in [-0.15, -0.1) is 0 Å². The van der Waals surface area contributed by atoms with Crippen molar-refractivity contribution >= 4 is 11.6 Å². The van der Waals surface area contributed by atoms with E-state index in [1.807, 2.05) is 77.3 Å². The van der Waals surface area contributed by atoms with Crippen LogP contribution in [0.4, 0.5) is 0 Å². The average molecular weight is 399 g/mol. The molecule has 0 fully saturated rings. The normalized spacial score (nSPS) is 13.3. The van der Waals surface area contributed by atoms with Crippen LogP contribution in [-0.2, 0) is 11.3 Å². The lowest BCUT2D eigenvalue weighted by atomic mass is 9.88. The largest absolute Gasteiger partial charge is 0.454 e. The minimum absolute atomic E-state index is 0.0209. The Bertz CT molecular complexity index is 1190. The van der Waals surface area contributed by atoms with Gasteiger partial charge in [-0.2, -0.15) is 0 Å². The first-order valence-electron chi connectivity index (χ1n) is 9.90. The van der Waals surface area contributed by atoms with Crippen molar-refractivity contribution in [3.05, 3.63) is 95.9 Å². The summed E-state index contributed by atoms with van der Waals surface area (Å²) in [7, 11) is 0. The lowest BCUT2D eigenvalue weighted by Crippen LogP contribution is -2.25. The third-order valence-electron chi connectivity index (χ3n) is 5.35. The highest BCUT2D eigenvalue weighted by atomic mass is 16.7. The Morgan fingerprint density at radius 2 is 1.83 bits per heavy atom. The standard InChI is InChI=1S/C24H21N3O3/c28-24(26-15-19-14-25-23-8-4-5-11-27(19)23)13-20(17-6-2-1-3-7-17)18-9-10-21-22(12-18)30-16-29-21/h1-12,14,20H,13,15-16H2,(H,26,28). The molecule has 2 aromatic carbocycles. The van der Waals surface area contributed by atoms with E-state index in [9.17, 15) is 4.79 Å². The zero-order chi connectivity index (χ0) is 20.3. The quantitative estimate of drug-likeness (QED) is 0.534. The Kier molecular flexibility index (Phi) is 4.81. The van der Waals surface area contributed by atoms with Gasteiger partial charge in [-0.05, 0) is 35.4 Å². The van der Waals surface area contributed by atoms with E-state index in [0.29, 0.717) is 13.0 Å². The van der Waals surface area contributed by atoms with Gasteiger partial charge in [0.05, 0.1) is 18.4 Å². The number of imidazole rings is 1. The zero-order valence-electron chi connectivity index (χ0n) is 16.3. The third kappa shape index (κ3) is 3.59. The Labute approximate surface area is 174 Å². The lowest BCUT2D eigenvalue weighted by molar-refractivity contribution is -0.121. The van der Waals surface area contributed by atoms with Crippen molar-refractivity contribution in [2.45, 2.75) is 18.9 Å². The summed E-state index contributed by atoms with van der Waals surface area (Å²) in [5, 5.41) is 3.04. The monoisotopic (exact) mass is 399 g/mol. The summed E-state index contributed by atoms with van der Waals surface area (Å²) in [5.41, 5.74) is 3.92. The van der Waals surface area contributed by atoms with E-state index in [1.54, 1.807) is 6.20 Å². The minimum Gasteiger partial charge on any atom is -0.454 e. The van der Waals surface area contributed by atoms with Gasteiger partial charge in [-0.3, -0.25) is 4.79 Å². The fourth-order valence-electron chi connectivity index (χ4n) is 3.81. The van der Waals surface area contributed by atoms with Crippen molar-refractivity contribution in [2.75, 3.05) is 6.79 Å². The van der Waals surface area contributed by atoms with Gasteiger partial charge in [-0.25, -0.2) is 4.98 Å². The second-order valence-electron chi connectivity index (χ2n) is 7.24. The fourth-order valence-corrected chi connectivity index (χ4v) is 3.81. The minimum atomic E-state index is -0.0807. The SMILES string of the molecule is O=C(CC(c1ccccc1)c1ccc2c(c1)OCO2)NCc1cnc2ccccn12. The molecule has 1 atom stereocenters. The summed E-state index contributed by atoms with van der Waals surface area (Å²) >= 11 is 0. The van der Waals surface area contributed by atoms with Gasteiger partial charge in [0.25, 0.3) is 0 Å². The lowest BCUT2D eigenvalue weighted by Gasteiger charge is -2.18. The molecule has 1 amide bonds. The predicted octanol–water partition coefficient (Wildman–Crippen LogP) is 3.90. The molecule has 4 aromatic rings. The van der Waals surface area contributed by atoms with E-state index < -0.39 is 0 Å². The Hall–Kier alpha value is -3.80. The van der Waals surface area contributed by atoms with E-state index in [2.05, 4.69) is 10.3 Å². The van der Waals surface area contributed by atoms with Crippen LogP contribution in [0.5, 0.6) is 11.5 Å². The molecule has 0 saturated heterocycles. The van der Waals surface area contributed by atoms with Gasteiger partial charge in [0.2, 0.25) is 12.7 Å². The molecule has 1 aliphatic heterocycles. The molecular formula is C24H21N3O3. The van der Waals surface area contributed by atoms with Crippen LogP contribution >= 0.6 is 0 Å². The highest BCUT2D eigenvalue weighted by molar-refractivity contribution is 5.77. The van der Waals surface area contributed by atoms with Gasteiger partial charge in [0, 0.05) is 18.5 Å². The second-order valence-corrected chi connectivity index (χ2v) is 7.24. The van der Waals surface area contributed by atoms with Crippen LogP contribution in [0.2, 0.25) is 0 Å². The summed E-state index contributed by atoms with van der Waals surface area (Å²) in [6.07, 6.45) is 4.08. The number of ether oxygens (including phenoxy) is 2. The first-order valence-corrected chi connectivity index (χ1v) is 9.90. The number of rotatable bonds is 6. The molecule has 5 rings (SSSR count). The molecule has 2 aromatic heterocycles. The number of nitrogens with zero attached hydrogens (tertiary/aromatic N) is 2. The maximum absolute atomic E-state index is 12.9. The van der Waals surface area contributed by atoms with Gasteiger partial charge in [0.1, 0.15) is 5.65 Å². The van der Waals surface area contributed by atoms with E-state index in [-0.39, 0.29) is 18.6 Å². The number of aromatic nitrogens is 2. The molecule has 1 aliphatic rings. The molecule has 0 radical (unpaired) electrons. The van der Waals surface area contributed by atoms with Crippen molar-refractivity contribution in [2.24, 2.45) is 0 Å². The molecular weight excluding hydrogens is 378 g/mol. The molecule has 0 saturated carbocycles. The highest BCUT2D eigenvalue weighted by Crippen LogP contribution is 2.37. The van der Waals surface area contributed by atoms with Crippen molar-refractivity contribution in [1.29, 1.82) is 0 Å². The van der Waals surface area contributed by atoms with Crippen LogP contribution in [0, 0.1) is 0 Å². The van der Waals surface area contributed by atoms with Crippen LogP contribution in [0.1, 0.15) is 29.2 Å². The summed E-state index contributed by atoms with van der Waals surface area (Å²) in [6, 6.07) is 21.8. The molecule has 0 spiro atoms. The number of amides is 1. The Morgan fingerprint density at radius 1 is 1.00 bits per heavy atom. The number of benzene rings is 2. The smallest absolute Gasteiger partial charge is 0.231 e. The highest BCUT2D eigenvalue weighted by Gasteiger charge is 2.22. The summed E-state index contributed by atoms with van der Waals surface area (Å²) < 4.78 is 12.9. The fraction of sp³-hybridized carbons (Fsp3) is 0.167. The Morgan fingerprint density at radius 3 is 2.73 bits per heavy atom. The molecule has 6 nitrogen and oxygen atoms in total. The van der Waals surface area contributed by atoms with Crippen LogP contribution in [-0.4, -0.2) is 22.1 Å². The van der Waals surface area contributed by atoms with Crippen molar-refractivity contribution in [1.82, 2.24) is 14.7 Å². The molecule has 3 heterocycles. The van der Waals surface area contributed by atoms with E-state index in [0.717, 1.165) is 34.0 Å². The average Bonchev–Trinajstić information content (AvgIpc) is 3.43. The molecule has 30 heavy (non-hydrogen) atoms. The molecule has 1 unspecified atom stereocenters. The van der Waals surface area contributed by atoms with Crippen molar-refractivity contribution in [3.8, 4) is 11.5 Å². The number of carbonyl (C=O) groups is 1. The maximum atomic E-state index is 12.9. The first-order chi connectivity index (χ1) is 14.8. The number of pyridine rings is 1. The molecule has 1 N–H and O–H groups in total. The van der Waals surface area contributed by atoms with Crippen LogP contribution < -0.4 is 14.8 Å². The van der Waals surface area contributed by atoms with Gasteiger partial charge in [0.15, 0.2) is 11.5 Å². The number of nitrogens with one attached hydrogen (secondary N) is 1. The maximum Gasteiger partial charge on any atom is 0.231 e. The number of carbonyl (C=O) groups excluding carboxylic acids is 1. The van der Waals surface area contributed by atoms with Crippen molar-refractivity contribution in [3.63, 3.8) is 0 Å². The van der Waals surface area contributed by atoms with Crippen molar-refractivity contribution < 1.29 is 14.3 Å². The van der Waals surface area contributed by atoms with Gasteiger partial charge >= 0.3 is 0 Å². The number of hydrogen-bond donors (Lipinski definition) is 1. The van der Waals surface area contributed by atoms with Gasteiger partial charge < -0.3 is 19.2 Å².